The summed E-state index contributed by atoms with van der Waals surface area (Å²) in [4.78, 5) is 0. The molecular weight excluding hydrogens is 455 g/mol. The number of rotatable bonds is 6. The normalized spacial score (nSPS) is 25.2. The summed E-state index contributed by atoms with van der Waals surface area (Å²) >= 11 is 0. The third kappa shape index (κ3) is 4.76. The Labute approximate surface area is 195 Å². The first-order valence-corrected chi connectivity index (χ1v) is 11.7. The molecule has 0 saturated carbocycles. The van der Waals surface area contributed by atoms with Gasteiger partial charge in [-0.15, -0.1) is 0 Å². The van der Waals surface area contributed by atoms with E-state index in [0.717, 1.165) is 12.8 Å². The van der Waals surface area contributed by atoms with Gasteiger partial charge in [-0.05, 0) is 38.7 Å². The van der Waals surface area contributed by atoms with Gasteiger partial charge in [0.15, 0.2) is 12.0 Å². The van der Waals surface area contributed by atoms with Crippen LogP contribution < -0.4 is 5.32 Å². The van der Waals surface area contributed by atoms with Crippen molar-refractivity contribution < 1.29 is 36.9 Å². The minimum absolute atomic E-state index is 0.0811. The molecule has 0 bridgehead atoms. The molecule has 2 fully saturated rings. The van der Waals surface area contributed by atoms with Gasteiger partial charge in [-0.1, -0.05) is 0 Å². The summed E-state index contributed by atoms with van der Waals surface area (Å²) in [6.07, 6.45) is -2.55. The number of fused-ring (bicyclic) bond motifs is 3. The van der Waals surface area contributed by atoms with Crippen LogP contribution in [0.1, 0.15) is 55.6 Å². The maximum atomic E-state index is 14.3. The molecule has 0 radical (unpaired) electrons. The molecule has 5 rings (SSSR count). The molecule has 0 spiro atoms. The van der Waals surface area contributed by atoms with Crippen LogP contribution in [0.25, 0.3) is 11.3 Å². The molecule has 1 aliphatic carbocycles. The van der Waals surface area contributed by atoms with Gasteiger partial charge in [0, 0.05) is 19.2 Å². The van der Waals surface area contributed by atoms with Crippen molar-refractivity contribution in [3.63, 3.8) is 0 Å². The predicted molar refractivity (Wildman–Crippen MR) is 114 cm³/mol. The van der Waals surface area contributed by atoms with Gasteiger partial charge in [0.1, 0.15) is 17.4 Å². The summed E-state index contributed by atoms with van der Waals surface area (Å²) in [5.74, 6) is -0.336. The molecule has 3 atom stereocenters. The molecule has 188 valence electrons. The second kappa shape index (κ2) is 8.94. The molecule has 0 amide bonds. The fraction of sp³-hybridized carbons (Fsp3) is 0.696. The summed E-state index contributed by atoms with van der Waals surface area (Å²) in [5, 5.41) is 17.9. The fourth-order valence-electron chi connectivity index (χ4n) is 5.00. The van der Waals surface area contributed by atoms with Crippen molar-refractivity contribution in [1.82, 2.24) is 15.1 Å². The molecule has 1 unspecified atom stereocenters. The lowest BCUT2D eigenvalue weighted by Gasteiger charge is -2.22. The topological polar surface area (TPSA) is 90.9 Å². The highest BCUT2D eigenvalue weighted by Crippen LogP contribution is 2.47. The van der Waals surface area contributed by atoms with Crippen molar-refractivity contribution in [2.45, 2.75) is 76.3 Å². The van der Waals surface area contributed by atoms with Crippen LogP contribution >= 0.6 is 0 Å². The number of ether oxygens (including phenoxy) is 3. The van der Waals surface area contributed by atoms with Crippen LogP contribution in [0.4, 0.5) is 13.2 Å². The van der Waals surface area contributed by atoms with Gasteiger partial charge in [0.05, 0.1) is 49.3 Å². The third-order valence-corrected chi connectivity index (χ3v) is 6.60. The summed E-state index contributed by atoms with van der Waals surface area (Å²) in [7, 11) is 0. The van der Waals surface area contributed by atoms with Gasteiger partial charge in [0.25, 0.3) is 0 Å². The van der Waals surface area contributed by atoms with Gasteiger partial charge in [-0.2, -0.15) is 18.3 Å². The van der Waals surface area contributed by atoms with Crippen LogP contribution in [0.2, 0.25) is 0 Å². The first-order chi connectivity index (χ1) is 16.1. The number of aryl methyl sites for hydroxylation is 2. The van der Waals surface area contributed by atoms with Crippen LogP contribution in [0.3, 0.4) is 0 Å². The van der Waals surface area contributed by atoms with Gasteiger partial charge in [-0.25, -0.2) is 0 Å². The minimum atomic E-state index is -4.72. The number of furan rings is 1. The van der Waals surface area contributed by atoms with E-state index in [1.54, 1.807) is 10.9 Å². The van der Waals surface area contributed by atoms with E-state index in [1.165, 1.54) is 0 Å². The summed E-state index contributed by atoms with van der Waals surface area (Å²) in [6, 6.07) is 0. The van der Waals surface area contributed by atoms with Crippen LogP contribution in [0, 0.1) is 0 Å². The van der Waals surface area contributed by atoms with Crippen molar-refractivity contribution in [3.8, 4) is 11.3 Å². The molecule has 34 heavy (non-hydrogen) atoms. The number of hydrogen-bond donors (Lipinski definition) is 2. The van der Waals surface area contributed by atoms with Crippen molar-refractivity contribution in [2.75, 3.05) is 26.4 Å². The molecule has 2 aliphatic heterocycles. The van der Waals surface area contributed by atoms with Crippen molar-refractivity contribution in [1.29, 1.82) is 0 Å². The van der Waals surface area contributed by atoms with Crippen LogP contribution in [0.15, 0.2) is 10.6 Å². The Bertz CT molecular complexity index is 1030. The van der Waals surface area contributed by atoms with E-state index in [9.17, 15) is 18.3 Å². The van der Waals surface area contributed by atoms with Crippen molar-refractivity contribution in [2.24, 2.45) is 0 Å². The Hall–Kier alpha value is -1.92. The Morgan fingerprint density at radius 2 is 2.09 bits per heavy atom. The third-order valence-electron chi connectivity index (χ3n) is 6.60. The lowest BCUT2D eigenvalue weighted by atomic mass is 9.92. The summed E-state index contributed by atoms with van der Waals surface area (Å²) in [6.45, 7) is 5.97. The number of aliphatic hydroxyl groups excluding tert-OH is 1. The number of aliphatic hydroxyl groups is 1. The molecule has 2 aromatic heterocycles. The highest BCUT2D eigenvalue weighted by atomic mass is 19.4. The number of nitrogens with zero attached hydrogens (tertiary/aromatic N) is 2. The first kappa shape index (κ1) is 23.8. The van der Waals surface area contributed by atoms with E-state index in [1.807, 2.05) is 13.8 Å². The Morgan fingerprint density at radius 3 is 2.76 bits per heavy atom. The van der Waals surface area contributed by atoms with Crippen LogP contribution in [0.5, 0.6) is 0 Å². The molecule has 2 N–H and O–H groups in total. The Morgan fingerprint density at radius 1 is 1.26 bits per heavy atom. The monoisotopic (exact) mass is 485 g/mol. The highest BCUT2D eigenvalue weighted by molar-refractivity contribution is 5.73. The van der Waals surface area contributed by atoms with Crippen LogP contribution in [-0.4, -0.2) is 59.1 Å². The molecule has 0 aromatic carbocycles. The minimum Gasteiger partial charge on any atom is -0.460 e. The highest BCUT2D eigenvalue weighted by Gasteiger charge is 2.45. The van der Waals surface area contributed by atoms with E-state index < -0.39 is 23.7 Å². The second-order valence-corrected chi connectivity index (χ2v) is 9.78. The smallest absolute Gasteiger partial charge is 0.420 e. The molecule has 3 aliphatic rings. The van der Waals surface area contributed by atoms with Crippen molar-refractivity contribution >= 4 is 0 Å². The lowest BCUT2D eigenvalue weighted by molar-refractivity contribution is -0.139. The molecule has 2 aromatic rings. The van der Waals surface area contributed by atoms with E-state index in [4.69, 9.17) is 18.6 Å². The molecule has 11 heteroatoms. The van der Waals surface area contributed by atoms with Crippen molar-refractivity contribution in [3.05, 3.63) is 28.8 Å². The average Bonchev–Trinajstić information content (AvgIpc) is 3.46. The largest absolute Gasteiger partial charge is 0.460 e. The maximum Gasteiger partial charge on any atom is 0.420 e. The van der Waals surface area contributed by atoms with E-state index in [2.05, 4.69) is 10.4 Å². The van der Waals surface area contributed by atoms with Gasteiger partial charge in [0.2, 0.25) is 0 Å². The number of alkyl halides is 3. The average molecular weight is 486 g/mol. The fourth-order valence-corrected chi connectivity index (χ4v) is 5.00. The zero-order valence-electron chi connectivity index (χ0n) is 19.3. The van der Waals surface area contributed by atoms with E-state index in [-0.39, 0.29) is 41.4 Å². The number of nitrogens with one attached hydrogen (secondary N) is 1. The maximum absolute atomic E-state index is 14.3. The van der Waals surface area contributed by atoms with Crippen LogP contribution in [-0.2, 0) is 39.8 Å². The molecule has 2 saturated heterocycles. The van der Waals surface area contributed by atoms with Gasteiger partial charge >= 0.3 is 6.18 Å². The number of hydrogen-bond acceptors (Lipinski definition) is 7. The second-order valence-electron chi connectivity index (χ2n) is 9.78. The quantitative estimate of drug-likeness (QED) is 0.608. The number of halogens is 3. The molecule has 4 heterocycles. The predicted octanol–water partition coefficient (Wildman–Crippen LogP) is 3.21. The van der Waals surface area contributed by atoms with Gasteiger partial charge < -0.3 is 23.7 Å². The zero-order chi connectivity index (χ0) is 24.1. The molecular formula is C23H30F3N3O5. The standard InChI is InChI=1S/C23H30F3N3O5/c1-22(2)6-5-14(34-22)9-27-21(30)20-18(23(24,25)26)17-16(33-20)4-3-13-10-29(28-19(13)17)11-15-12-31-7-8-32-15/h10,14-15,21,27,30H,3-9,11-12H2,1-2H3/t14-,15+,21?/m1/s1. The molecule has 8 nitrogen and oxygen atoms in total. The number of aromatic nitrogens is 2. The first-order valence-electron chi connectivity index (χ1n) is 11.7. The van der Waals surface area contributed by atoms with E-state index in [0.29, 0.717) is 44.8 Å². The Balaban J connectivity index is 1.40. The van der Waals surface area contributed by atoms with Gasteiger partial charge in [-0.3, -0.25) is 10.00 Å². The SMILES string of the molecule is CC1(C)CC[C@H](CNC(O)c2oc3c(c2C(F)(F)F)-c2nn(C[C@H]4COCCO4)cc2CC3)O1. The Kier molecular flexibility index (Phi) is 6.26. The van der Waals surface area contributed by atoms with E-state index >= 15 is 0 Å². The lowest BCUT2D eigenvalue weighted by Crippen LogP contribution is -2.32. The zero-order valence-corrected chi connectivity index (χ0v) is 19.3. The summed E-state index contributed by atoms with van der Waals surface area (Å²) < 4.78 is 66.9. The summed E-state index contributed by atoms with van der Waals surface area (Å²) in [5.41, 5.74) is -0.372.